The minimum absolute atomic E-state index is 0.151. The fraction of sp³-hybridized carbons (Fsp3) is 0.500. The van der Waals surface area contributed by atoms with Crippen LogP contribution in [0.25, 0.3) is 11.2 Å². The van der Waals surface area contributed by atoms with Crippen molar-refractivity contribution in [2.24, 2.45) is 0 Å². The average molecular weight is 383 g/mol. The van der Waals surface area contributed by atoms with E-state index in [0.29, 0.717) is 29.9 Å². The maximum Gasteiger partial charge on any atom is 0.224 e. The molecule has 4 rings (SSSR count). The van der Waals surface area contributed by atoms with E-state index < -0.39 is 0 Å². The minimum atomic E-state index is 0.151. The number of carbonyl (C=O) groups is 1. The van der Waals surface area contributed by atoms with Crippen LogP contribution in [0.3, 0.4) is 0 Å². The molecule has 0 radical (unpaired) electrons. The number of nitrogens with zero attached hydrogens (tertiary/aromatic N) is 8. The number of nitrogen functional groups attached to an aromatic ring is 1. The maximum atomic E-state index is 12.6. The van der Waals surface area contributed by atoms with Crippen LogP contribution >= 0.6 is 0 Å². The molecular formula is C18H25N9O. The molecular weight excluding hydrogens is 358 g/mol. The molecule has 10 nitrogen and oxygen atoms in total. The number of imidazole rings is 2. The number of hydrogen-bond acceptors (Lipinski definition) is 7. The van der Waals surface area contributed by atoms with Gasteiger partial charge in [-0.05, 0) is 6.92 Å². The molecule has 0 atom stereocenters. The molecule has 0 aliphatic carbocycles. The summed E-state index contributed by atoms with van der Waals surface area (Å²) in [6.45, 7) is 7.60. The molecule has 0 saturated carbocycles. The van der Waals surface area contributed by atoms with E-state index in [1.54, 1.807) is 6.33 Å². The molecule has 0 spiro atoms. The van der Waals surface area contributed by atoms with Gasteiger partial charge < -0.3 is 19.8 Å². The Kier molecular flexibility index (Phi) is 5.20. The predicted octanol–water partition coefficient (Wildman–Crippen LogP) is 0.359. The molecule has 1 fully saturated rings. The van der Waals surface area contributed by atoms with E-state index in [1.165, 1.54) is 6.33 Å². The van der Waals surface area contributed by atoms with Crippen molar-refractivity contribution < 1.29 is 4.79 Å². The Morgan fingerprint density at radius 1 is 1.11 bits per heavy atom. The highest BCUT2D eigenvalue weighted by atomic mass is 16.2. The molecule has 0 aromatic carbocycles. The standard InChI is InChI=1S/C18H25N9O/c1-2-25-6-4-20-14(25)11-24-7-9-26(10-8-24)15(28)3-5-27-13-23-16-17(19)21-12-22-18(16)27/h4,6,12-13H,2-3,5,7-11H2,1H3,(H2,19,21,22). The largest absolute Gasteiger partial charge is 0.382 e. The lowest BCUT2D eigenvalue weighted by Gasteiger charge is -2.34. The Labute approximate surface area is 163 Å². The average Bonchev–Trinajstić information content (AvgIpc) is 3.34. The summed E-state index contributed by atoms with van der Waals surface area (Å²) in [5.41, 5.74) is 7.05. The lowest BCUT2D eigenvalue weighted by atomic mass is 10.2. The van der Waals surface area contributed by atoms with Gasteiger partial charge in [0.25, 0.3) is 0 Å². The molecule has 1 amide bonds. The van der Waals surface area contributed by atoms with Gasteiger partial charge in [-0.25, -0.2) is 19.9 Å². The third kappa shape index (κ3) is 3.68. The molecule has 1 aliphatic rings. The van der Waals surface area contributed by atoms with Crippen molar-refractivity contribution in [3.05, 3.63) is 30.9 Å². The van der Waals surface area contributed by atoms with E-state index in [0.717, 1.165) is 45.1 Å². The first-order valence-electron chi connectivity index (χ1n) is 9.57. The summed E-state index contributed by atoms with van der Waals surface area (Å²) < 4.78 is 4.01. The van der Waals surface area contributed by atoms with E-state index in [-0.39, 0.29) is 5.91 Å². The van der Waals surface area contributed by atoms with Crippen molar-refractivity contribution in [3.63, 3.8) is 0 Å². The second-order valence-corrected chi connectivity index (χ2v) is 6.91. The number of hydrogen-bond donors (Lipinski definition) is 1. The number of amides is 1. The van der Waals surface area contributed by atoms with Gasteiger partial charge in [-0.2, -0.15) is 0 Å². The van der Waals surface area contributed by atoms with Crippen molar-refractivity contribution in [1.82, 2.24) is 38.9 Å². The Morgan fingerprint density at radius 3 is 2.71 bits per heavy atom. The van der Waals surface area contributed by atoms with E-state index >= 15 is 0 Å². The van der Waals surface area contributed by atoms with Crippen LogP contribution in [0.15, 0.2) is 25.0 Å². The van der Waals surface area contributed by atoms with Gasteiger partial charge in [0, 0.05) is 58.1 Å². The number of anilines is 1. The van der Waals surface area contributed by atoms with Crippen LogP contribution in [-0.2, 0) is 24.4 Å². The molecule has 28 heavy (non-hydrogen) atoms. The van der Waals surface area contributed by atoms with Crippen LogP contribution in [0.4, 0.5) is 5.82 Å². The summed E-state index contributed by atoms with van der Waals surface area (Å²) >= 11 is 0. The van der Waals surface area contributed by atoms with Crippen LogP contribution in [0.2, 0.25) is 0 Å². The van der Waals surface area contributed by atoms with Gasteiger partial charge in [0.05, 0.1) is 12.9 Å². The smallest absolute Gasteiger partial charge is 0.224 e. The van der Waals surface area contributed by atoms with Crippen molar-refractivity contribution in [2.75, 3.05) is 31.9 Å². The second-order valence-electron chi connectivity index (χ2n) is 6.91. The van der Waals surface area contributed by atoms with Gasteiger partial charge in [0.1, 0.15) is 17.7 Å². The molecule has 3 aromatic heterocycles. The molecule has 2 N–H and O–H groups in total. The first-order chi connectivity index (χ1) is 13.7. The zero-order valence-electron chi connectivity index (χ0n) is 16.0. The topological polar surface area (TPSA) is 111 Å². The molecule has 4 heterocycles. The number of fused-ring (bicyclic) bond motifs is 1. The molecule has 0 unspecified atom stereocenters. The lowest BCUT2D eigenvalue weighted by Crippen LogP contribution is -2.48. The molecule has 1 aliphatic heterocycles. The van der Waals surface area contributed by atoms with Gasteiger partial charge in [-0.1, -0.05) is 0 Å². The zero-order valence-corrected chi connectivity index (χ0v) is 16.0. The Hall–Kier alpha value is -3.01. The monoisotopic (exact) mass is 383 g/mol. The van der Waals surface area contributed by atoms with Gasteiger partial charge >= 0.3 is 0 Å². The third-order valence-corrected chi connectivity index (χ3v) is 5.23. The van der Waals surface area contributed by atoms with Gasteiger partial charge in [-0.3, -0.25) is 9.69 Å². The summed E-state index contributed by atoms with van der Waals surface area (Å²) in [5, 5.41) is 0. The fourth-order valence-electron chi connectivity index (χ4n) is 3.57. The van der Waals surface area contributed by atoms with Crippen LogP contribution in [0.1, 0.15) is 19.2 Å². The summed E-state index contributed by atoms with van der Waals surface area (Å²) in [5.74, 6) is 1.59. The maximum absolute atomic E-state index is 12.6. The number of carbonyl (C=O) groups excluding carboxylic acids is 1. The quantitative estimate of drug-likeness (QED) is 0.654. The fourth-order valence-corrected chi connectivity index (χ4v) is 3.57. The van der Waals surface area contributed by atoms with E-state index in [2.05, 4.69) is 36.3 Å². The lowest BCUT2D eigenvalue weighted by molar-refractivity contribution is -0.133. The second kappa shape index (κ2) is 7.93. The number of aryl methyl sites for hydroxylation is 2. The SMILES string of the molecule is CCn1ccnc1CN1CCN(C(=O)CCn2cnc3c(N)ncnc32)CC1. The minimum Gasteiger partial charge on any atom is -0.382 e. The normalized spacial score (nSPS) is 15.4. The zero-order chi connectivity index (χ0) is 19.5. The highest BCUT2D eigenvalue weighted by molar-refractivity contribution is 5.81. The molecule has 3 aromatic rings. The summed E-state index contributed by atoms with van der Waals surface area (Å²) in [6, 6.07) is 0. The highest BCUT2D eigenvalue weighted by Gasteiger charge is 2.22. The van der Waals surface area contributed by atoms with Gasteiger partial charge in [0.2, 0.25) is 5.91 Å². The number of piperazine rings is 1. The van der Waals surface area contributed by atoms with Crippen LogP contribution < -0.4 is 5.73 Å². The molecule has 1 saturated heterocycles. The first-order valence-corrected chi connectivity index (χ1v) is 9.57. The van der Waals surface area contributed by atoms with Crippen molar-refractivity contribution in [3.8, 4) is 0 Å². The van der Waals surface area contributed by atoms with Crippen molar-refractivity contribution in [1.29, 1.82) is 0 Å². The van der Waals surface area contributed by atoms with Crippen LogP contribution in [0.5, 0.6) is 0 Å². The summed E-state index contributed by atoms with van der Waals surface area (Å²) in [7, 11) is 0. The van der Waals surface area contributed by atoms with Crippen molar-refractivity contribution >= 4 is 22.9 Å². The third-order valence-electron chi connectivity index (χ3n) is 5.23. The number of rotatable bonds is 6. The molecule has 0 bridgehead atoms. The first kappa shape index (κ1) is 18.4. The molecule has 148 valence electrons. The van der Waals surface area contributed by atoms with E-state index in [9.17, 15) is 4.79 Å². The van der Waals surface area contributed by atoms with Crippen LogP contribution in [-0.4, -0.2) is 71.0 Å². The van der Waals surface area contributed by atoms with Crippen molar-refractivity contribution in [2.45, 2.75) is 33.0 Å². The van der Waals surface area contributed by atoms with Gasteiger partial charge in [-0.15, -0.1) is 0 Å². The highest BCUT2D eigenvalue weighted by Crippen LogP contribution is 2.15. The van der Waals surface area contributed by atoms with Crippen LogP contribution in [0, 0.1) is 0 Å². The Balaban J connectivity index is 1.29. The Bertz CT molecular complexity index is 955. The van der Waals surface area contributed by atoms with E-state index in [4.69, 9.17) is 5.73 Å². The number of nitrogens with two attached hydrogens (primary N) is 1. The molecule has 10 heteroatoms. The summed E-state index contributed by atoms with van der Waals surface area (Å²) in [4.78, 5) is 33.7. The van der Waals surface area contributed by atoms with E-state index in [1.807, 2.05) is 21.9 Å². The Morgan fingerprint density at radius 2 is 1.93 bits per heavy atom. The van der Waals surface area contributed by atoms with Gasteiger partial charge in [0.15, 0.2) is 11.5 Å². The summed E-state index contributed by atoms with van der Waals surface area (Å²) in [6.07, 6.45) is 7.34. The number of aromatic nitrogens is 6. The predicted molar refractivity (Wildman–Crippen MR) is 104 cm³/mol.